The Balaban J connectivity index is 2.45. The SMILES string of the molecule is CC(C)(C(Cl)c1ccc2ccccc2c1)[N+](=O)[O-]. The first-order chi connectivity index (χ1) is 8.43. The predicted molar refractivity (Wildman–Crippen MR) is 73.6 cm³/mol. The van der Waals surface area contributed by atoms with Crippen LogP contribution in [0.3, 0.4) is 0 Å². The lowest BCUT2D eigenvalue weighted by Crippen LogP contribution is -2.35. The highest BCUT2D eigenvalue weighted by Gasteiger charge is 2.40. The van der Waals surface area contributed by atoms with Crippen LogP contribution in [0.1, 0.15) is 24.8 Å². The van der Waals surface area contributed by atoms with E-state index in [2.05, 4.69) is 0 Å². The number of rotatable bonds is 3. The monoisotopic (exact) mass is 263 g/mol. The zero-order valence-corrected chi connectivity index (χ0v) is 11.0. The maximum atomic E-state index is 11.0. The fraction of sp³-hybridized carbons (Fsp3) is 0.286. The van der Waals surface area contributed by atoms with Crippen LogP contribution < -0.4 is 0 Å². The molecule has 0 spiro atoms. The van der Waals surface area contributed by atoms with Crippen LogP contribution in [0.2, 0.25) is 0 Å². The molecule has 94 valence electrons. The summed E-state index contributed by atoms with van der Waals surface area (Å²) >= 11 is 6.25. The van der Waals surface area contributed by atoms with Crippen molar-refractivity contribution in [1.82, 2.24) is 0 Å². The van der Waals surface area contributed by atoms with Crippen molar-refractivity contribution in [3.63, 3.8) is 0 Å². The van der Waals surface area contributed by atoms with Crippen LogP contribution in [0.4, 0.5) is 0 Å². The highest BCUT2D eigenvalue weighted by Crippen LogP contribution is 2.35. The maximum absolute atomic E-state index is 11.0. The Kier molecular flexibility index (Phi) is 3.26. The fourth-order valence-electron chi connectivity index (χ4n) is 1.87. The molecular formula is C14H14ClNO2. The van der Waals surface area contributed by atoms with Crippen LogP contribution in [0.15, 0.2) is 42.5 Å². The average molecular weight is 264 g/mol. The quantitative estimate of drug-likeness (QED) is 0.474. The number of halogens is 1. The summed E-state index contributed by atoms with van der Waals surface area (Å²) in [4.78, 5) is 10.7. The summed E-state index contributed by atoms with van der Waals surface area (Å²) in [5.41, 5.74) is -0.415. The number of nitrogens with zero attached hydrogens (tertiary/aromatic N) is 1. The van der Waals surface area contributed by atoms with Crippen molar-refractivity contribution >= 4 is 22.4 Å². The third-order valence-electron chi connectivity index (χ3n) is 3.16. The van der Waals surface area contributed by atoms with Gasteiger partial charge in [-0.05, 0) is 22.4 Å². The molecule has 0 heterocycles. The van der Waals surface area contributed by atoms with Gasteiger partial charge >= 0.3 is 0 Å². The second-order valence-electron chi connectivity index (χ2n) is 4.88. The highest BCUT2D eigenvalue weighted by atomic mass is 35.5. The minimum Gasteiger partial charge on any atom is -0.264 e. The Hall–Kier alpha value is -1.61. The van der Waals surface area contributed by atoms with Crippen LogP contribution in [0, 0.1) is 10.1 Å². The molecule has 1 atom stereocenters. The molecular weight excluding hydrogens is 250 g/mol. The van der Waals surface area contributed by atoms with Crippen molar-refractivity contribution in [2.24, 2.45) is 0 Å². The molecule has 0 saturated carbocycles. The van der Waals surface area contributed by atoms with E-state index in [0.29, 0.717) is 0 Å². The third-order valence-corrected chi connectivity index (χ3v) is 3.94. The smallest absolute Gasteiger partial charge is 0.236 e. The Labute approximate surface area is 111 Å². The summed E-state index contributed by atoms with van der Waals surface area (Å²) in [5, 5.41) is 12.5. The maximum Gasteiger partial charge on any atom is 0.236 e. The van der Waals surface area contributed by atoms with Gasteiger partial charge in [-0.25, -0.2) is 0 Å². The van der Waals surface area contributed by atoms with E-state index >= 15 is 0 Å². The van der Waals surface area contributed by atoms with Gasteiger partial charge in [0.2, 0.25) is 5.54 Å². The van der Waals surface area contributed by atoms with Crippen molar-refractivity contribution in [2.45, 2.75) is 24.8 Å². The summed E-state index contributed by atoms with van der Waals surface area (Å²) in [6, 6.07) is 13.6. The molecule has 0 aliphatic carbocycles. The van der Waals surface area contributed by atoms with Crippen LogP contribution in [-0.4, -0.2) is 10.5 Å². The fourth-order valence-corrected chi connectivity index (χ4v) is 2.08. The van der Waals surface area contributed by atoms with E-state index in [1.165, 1.54) is 0 Å². The summed E-state index contributed by atoms with van der Waals surface area (Å²) in [5.74, 6) is 0. The Morgan fingerprint density at radius 1 is 1.17 bits per heavy atom. The van der Waals surface area contributed by atoms with Crippen LogP contribution in [-0.2, 0) is 0 Å². The first-order valence-corrected chi connectivity index (χ1v) is 6.14. The Morgan fingerprint density at radius 2 is 1.78 bits per heavy atom. The largest absolute Gasteiger partial charge is 0.264 e. The minimum atomic E-state index is -1.19. The van der Waals surface area contributed by atoms with Gasteiger partial charge in [-0.1, -0.05) is 36.4 Å². The highest BCUT2D eigenvalue weighted by molar-refractivity contribution is 6.21. The predicted octanol–water partition coefficient (Wildman–Crippen LogP) is 4.18. The summed E-state index contributed by atoms with van der Waals surface area (Å²) in [7, 11) is 0. The minimum absolute atomic E-state index is 0.333. The molecule has 0 aliphatic rings. The number of benzene rings is 2. The van der Waals surface area contributed by atoms with Crippen LogP contribution >= 0.6 is 11.6 Å². The van der Waals surface area contributed by atoms with E-state index in [-0.39, 0.29) is 4.92 Å². The van der Waals surface area contributed by atoms with Gasteiger partial charge < -0.3 is 0 Å². The molecule has 0 radical (unpaired) electrons. The van der Waals surface area contributed by atoms with Crippen molar-refractivity contribution in [2.75, 3.05) is 0 Å². The topological polar surface area (TPSA) is 43.1 Å². The van der Waals surface area contributed by atoms with E-state index < -0.39 is 10.9 Å². The zero-order valence-electron chi connectivity index (χ0n) is 10.3. The van der Waals surface area contributed by atoms with Crippen LogP contribution in [0.5, 0.6) is 0 Å². The molecule has 2 rings (SSSR count). The molecule has 0 amide bonds. The van der Waals surface area contributed by atoms with E-state index in [1.54, 1.807) is 13.8 Å². The van der Waals surface area contributed by atoms with E-state index in [1.807, 2.05) is 42.5 Å². The molecule has 1 unspecified atom stereocenters. The molecule has 0 fully saturated rings. The molecule has 0 aromatic heterocycles. The molecule has 0 aliphatic heterocycles. The van der Waals surface area contributed by atoms with Crippen molar-refractivity contribution in [3.8, 4) is 0 Å². The van der Waals surface area contributed by atoms with E-state index in [0.717, 1.165) is 16.3 Å². The second kappa shape index (κ2) is 4.58. The lowest BCUT2D eigenvalue weighted by molar-refractivity contribution is -0.561. The van der Waals surface area contributed by atoms with E-state index in [9.17, 15) is 10.1 Å². The lowest BCUT2D eigenvalue weighted by Gasteiger charge is -2.22. The van der Waals surface area contributed by atoms with Gasteiger partial charge in [0.15, 0.2) is 0 Å². The molecule has 0 bridgehead atoms. The van der Waals surface area contributed by atoms with Gasteiger partial charge in [-0.3, -0.25) is 10.1 Å². The molecule has 0 N–H and O–H groups in total. The van der Waals surface area contributed by atoms with Gasteiger partial charge in [-0.2, -0.15) is 0 Å². The van der Waals surface area contributed by atoms with Crippen molar-refractivity contribution < 1.29 is 4.92 Å². The zero-order chi connectivity index (χ0) is 13.3. The number of nitro groups is 1. The van der Waals surface area contributed by atoms with Gasteiger partial charge in [0.05, 0.1) is 0 Å². The number of alkyl halides is 1. The number of hydrogen-bond donors (Lipinski definition) is 0. The Bertz CT molecular complexity index is 595. The summed E-state index contributed by atoms with van der Waals surface area (Å²) in [6.45, 7) is 3.08. The Morgan fingerprint density at radius 3 is 2.39 bits per heavy atom. The first-order valence-electron chi connectivity index (χ1n) is 5.70. The second-order valence-corrected chi connectivity index (χ2v) is 5.32. The van der Waals surface area contributed by atoms with Gasteiger partial charge in [0.25, 0.3) is 0 Å². The van der Waals surface area contributed by atoms with Crippen LogP contribution in [0.25, 0.3) is 10.8 Å². The number of hydrogen-bond acceptors (Lipinski definition) is 2. The average Bonchev–Trinajstić information content (AvgIpc) is 2.37. The standard InChI is InChI=1S/C14H14ClNO2/c1-14(2,16(17)18)13(15)12-8-7-10-5-3-4-6-11(10)9-12/h3-9,13H,1-2H3. The molecule has 4 heteroatoms. The molecule has 0 saturated heterocycles. The van der Waals surface area contributed by atoms with Crippen molar-refractivity contribution in [3.05, 3.63) is 58.1 Å². The molecule has 18 heavy (non-hydrogen) atoms. The molecule has 2 aromatic carbocycles. The molecule has 2 aromatic rings. The van der Waals surface area contributed by atoms with Gasteiger partial charge in [-0.15, -0.1) is 11.6 Å². The third kappa shape index (κ3) is 2.18. The summed E-state index contributed by atoms with van der Waals surface area (Å²) < 4.78 is 0. The van der Waals surface area contributed by atoms with Crippen molar-refractivity contribution in [1.29, 1.82) is 0 Å². The normalized spacial score (nSPS) is 13.5. The van der Waals surface area contributed by atoms with Gasteiger partial charge in [0, 0.05) is 18.8 Å². The molecule has 3 nitrogen and oxygen atoms in total. The summed E-state index contributed by atoms with van der Waals surface area (Å²) in [6.07, 6.45) is 0. The lowest BCUT2D eigenvalue weighted by atomic mass is 9.93. The van der Waals surface area contributed by atoms with E-state index in [4.69, 9.17) is 11.6 Å². The van der Waals surface area contributed by atoms with Gasteiger partial charge in [0.1, 0.15) is 5.38 Å². The first kappa shape index (κ1) is 12.8. The number of fused-ring (bicyclic) bond motifs is 1.